The van der Waals surface area contributed by atoms with Gasteiger partial charge in [0.2, 0.25) is 0 Å². The van der Waals surface area contributed by atoms with E-state index in [1.54, 1.807) is 11.3 Å². The van der Waals surface area contributed by atoms with E-state index >= 15 is 0 Å². The maximum absolute atomic E-state index is 4.57. The molecule has 0 amide bonds. The molecule has 0 fully saturated rings. The number of hydrogen-bond acceptors (Lipinski definition) is 3. The first-order valence-electron chi connectivity index (χ1n) is 6.55. The Bertz CT molecular complexity index is 732. The van der Waals surface area contributed by atoms with E-state index in [0.29, 0.717) is 0 Å². The maximum Gasteiger partial charge on any atom is 0.194 e. The summed E-state index contributed by atoms with van der Waals surface area (Å²) in [7, 11) is 0. The third-order valence-corrected chi connectivity index (χ3v) is 4.99. The van der Waals surface area contributed by atoms with Crippen LogP contribution in [0.2, 0.25) is 0 Å². The van der Waals surface area contributed by atoms with Gasteiger partial charge >= 0.3 is 0 Å². The van der Waals surface area contributed by atoms with E-state index in [1.807, 2.05) is 6.07 Å². The maximum atomic E-state index is 4.57. The lowest BCUT2D eigenvalue weighted by molar-refractivity contribution is 0.563. The molecule has 3 rings (SSSR count). The number of aryl methyl sites for hydroxylation is 1. The molecule has 1 atom stereocenters. The van der Waals surface area contributed by atoms with Gasteiger partial charge in [-0.15, -0.1) is 11.3 Å². The summed E-state index contributed by atoms with van der Waals surface area (Å²) in [5.74, 6) is 0. The van der Waals surface area contributed by atoms with Gasteiger partial charge in [-0.3, -0.25) is 4.40 Å². The molecular weight excluding hydrogens is 334 g/mol. The van der Waals surface area contributed by atoms with Crippen molar-refractivity contribution in [1.82, 2.24) is 14.7 Å². The summed E-state index contributed by atoms with van der Waals surface area (Å²) in [5.41, 5.74) is 3.61. The molecule has 2 heterocycles. The highest BCUT2D eigenvalue weighted by atomic mass is 79.9. The highest BCUT2D eigenvalue weighted by Crippen LogP contribution is 2.23. The van der Waals surface area contributed by atoms with Crippen LogP contribution in [0.3, 0.4) is 0 Å². The van der Waals surface area contributed by atoms with Crippen LogP contribution < -0.4 is 5.32 Å². The van der Waals surface area contributed by atoms with Crippen LogP contribution in [0.4, 0.5) is 0 Å². The van der Waals surface area contributed by atoms with Crippen molar-refractivity contribution < 1.29 is 0 Å². The van der Waals surface area contributed by atoms with Gasteiger partial charge in [0, 0.05) is 28.6 Å². The molecule has 1 aromatic carbocycles. The minimum Gasteiger partial charge on any atom is -0.305 e. The number of fused-ring (bicyclic) bond motifs is 1. The Labute approximate surface area is 130 Å². The van der Waals surface area contributed by atoms with Crippen molar-refractivity contribution in [1.29, 1.82) is 0 Å². The van der Waals surface area contributed by atoms with Crippen LogP contribution in [0.25, 0.3) is 4.96 Å². The van der Waals surface area contributed by atoms with Crippen molar-refractivity contribution >= 4 is 32.2 Å². The van der Waals surface area contributed by atoms with Crippen molar-refractivity contribution in [3.8, 4) is 0 Å². The van der Waals surface area contributed by atoms with Crippen LogP contribution in [0.1, 0.15) is 29.9 Å². The van der Waals surface area contributed by atoms with Gasteiger partial charge in [0.25, 0.3) is 0 Å². The minimum atomic E-state index is 0.286. The molecule has 0 bridgehead atoms. The zero-order chi connectivity index (χ0) is 14.1. The molecule has 20 heavy (non-hydrogen) atoms. The predicted octanol–water partition coefficient (Wildman–Crippen LogP) is 4.32. The van der Waals surface area contributed by atoms with Crippen molar-refractivity contribution in [2.45, 2.75) is 26.4 Å². The second-order valence-electron chi connectivity index (χ2n) is 4.82. The fraction of sp³-hybridized carbons (Fsp3) is 0.267. The first-order valence-corrected chi connectivity index (χ1v) is 8.23. The molecule has 5 heteroatoms. The van der Waals surface area contributed by atoms with E-state index in [9.17, 15) is 0 Å². The minimum absolute atomic E-state index is 0.286. The van der Waals surface area contributed by atoms with Gasteiger partial charge in [0.1, 0.15) is 0 Å². The lowest BCUT2D eigenvalue weighted by atomic mass is 10.1. The quantitative estimate of drug-likeness (QED) is 0.759. The number of imidazole rings is 1. The summed E-state index contributed by atoms with van der Waals surface area (Å²) in [5, 5.41) is 5.65. The number of nitrogens with one attached hydrogen (secondary N) is 1. The molecule has 0 radical (unpaired) electrons. The smallest absolute Gasteiger partial charge is 0.194 e. The lowest BCUT2D eigenvalue weighted by Crippen LogP contribution is -2.19. The van der Waals surface area contributed by atoms with Gasteiger partial charge in [-0.25, -0.2) is 4.98 Å². The molecule has 0 saturated carbocycles. The molecule has 0 aliphatic carbocycles. The van der Waals surface area contributed by atoms with Gasteiger partial charge in [-0.1, -0.05) is 34.1 Å². The van der Waals surface area contributed by atoms with Crippen molar-refractivity contribution in [2.24, 2.45) is 0 Å². The first-order chi connectivity index (χ1) is 9.66. The topological polar surface area (TPSA) is 29.3 Å². The number of thiazole rings is 1. The molecule has 0 saturated heterocycles. The highest BCUT2D eigenvalue weighted by molar-refractivity contribution is 9.10. The number of aromatic nitrogens is 2. The number of rotatable bonds is 4. The third-order valence-electron chi connectivity index (χ3n) is 3.51. The Kier molecular flexibility index (Phi) is 3.92. The van der Waals surface area contributed by atoms with Crippen molar-refractivity contribution in [3.63, 3.8) is 0 Å². The molecule has 1 N–H and O–H groups in total. The average molecular weight is 350 g/mol. The monoisotopic (exact) mass is 349 g/mol. The lowest BCUT2D eigenvalue weighted by Gasteiger charge is -2.15. The molecule has 3 aromatic rings. The SMILES string of the molecule is Cc1nc2sccn2c1CNC(C)c1ccccc1Br. The summed E-state index contributed by atoms with van der Waals surface area (Å²) in [6.45, 7) is 5.06. The van der Waals surface area contributed by atoms with Gasteiger partial charge < -0.3 is 5.32 Å². The number of hydrogen-bond donors (Lipinski definition) is 1. The molecule has 1 unspecified atom stereocenters. The summed E-state index contributed by atoms with van der Waals surface area (Å²) in [6, 6.07) is 8.62. The zero-order valence-corrected chi connectivity index (χ0v) is 13.8. The third kappa shape index (κ3) is 2.53. The first kappa shape index (κ1) is 13.8. The summed E-state index contributed by atoms with van der Waals surface area (Å²) in [6.07, 6.45) is 2.08. The van der Waals surface area contributed by atoms with Crippen LogP contribution in [-0.2, 0) is 6.54 Å². The highest BCUT2D eigenvalue weighted by Gasteiger charge is 2.12. The predicted molar refractivity (Wildman–Crippen MR) is 87.2 cm³/mol. The van der Waals surface area contributed by atoms with Crippen molar-refractivity contribution in [3.05, 3.63) is 57.3 Å². The summed E-state index contributed by atoms with van der Waals surface area (Å²) in [4.78, 5) is 5.64. The molecule has 2 aromatic heterocycles. The van der Waals surface area contributed by atoms with E-state index in [-0.39, 0.29) is 6.04 Å². The standard InChI is InChI=1S/C15H16BrN3S/c1-10(12-5-3-4-6-13(12)16)17-9-14-11(2)18-15-19(14)7-8-20-15/h3-8,10,17H,9H2,1-2H3. The molecule has 3 nitrogen and oxygen atoms in total. The van der Waals surface area contributed by atoms with Crippen LogP contribution in [0, 0.1) is 6.92 Å². The van der Waals surface area contributed by atoms with Gasteiger partial charge in [0.15, 0.2) is 4.96 Å². The van der Waals surface area contributed by atoms with E-state index < -0.39 is 0 Å². The fourth-order valence-electron chi connectivity index (χ4n) is 2.34. The zero-order valence-electron chi connectivity index (χ0n) is 11.4. The Morgan fingerprint density at radius 2 is 2.20 bits per heavy atom. The largest absolute Gasteiger partial charge is 0.305 e. The Balaban J connectivity index is 1.78. The second kappa shape index (κ2) is 5.68. The fourth-order valence-corrected chi connectivity index (χ4v) is 3.75. The summed E-state index contributed by atoms with van der Waals surface area (Å²) >= 11 is 5.28. The van der Waals surface area contributed by atoms with Gasteiger partial charge in [-0.05, 0) is 25.5 Å². The van der Waals surface area contributed by atoms with Crippen LogP contribution in [0.15, 0.2) is 40.3 Å². The van der Waals surface area contributed by atoms with E-state index in [2.05, 4.69) is 74.3 Å². The molecular formula is C15H16BrN3S. The average Bonchev–Trinajstić information content (AvgIpc) is 2.97. The van der Waals surface area contributed by atoms with Crippen LogP contribution in [-0.4, -0.2) is 9.38 Å². The molecule has 0 aliphatic rings. The Hall–Kier alpha value is -1.17. The van der Waals surface area contributed by atoms with Crippen LogP contribution >= 0.6 is 27.3 Å². The molecule has 0 spiro atoms. The number of halogens is 1. The van der Waals surface area contributed by atoms with Crippen LogP contribution in [0.5, 0.6) is 0 Å². The summed E-state index contributed by atoms with van der Waals surface area (Å²) < 4.78 is 3.31. The van der Waals surface area contributed by atoms with E-state index in [4.69, 9.17) is 0 Å². The van der Waals surface area contributed by atoms with Gasteiger partial charge in [-0.2, -0.15) is 0 Å². The Morgan fingerprint density at radius 1 is 1.40 bits per heavy atom. The van der Waals surface area contributed by atoms with E-state index in [1.165, 1.54) is 11.3 Å². The normalized spacial score (nSPS) is 12.9. The van der Waals surface area contributed by atoms with E-state index in [0.717, 1.165) is 21.7 Å². The number of benzene rings is 1. The number of nitrogens with zero attached hydrogens (tertiary/aromatic N) is 2. The van der Waals surface area contributed by atoms with Crippen molar-refractivity contribution in [2.75, 3.05) is 0 Å². The Morgan fingerprint density at radius 3 is 3.00 bits per heavy atom. The molecule has 104 valence electrons. The van der Waals surface area contributed by atoms with Gasteiger partial charge in [0.05, 0.1) is 11.4 Å². The molecule has 0 aliphatic heterocycles. The second-order valence-corrected chi connectivity index (χ2v) is 6.55.